The van der Waals surface area contributed by atoms with E-state index in [4.69, 9.17) is 4.74 Å². The van der Waals surface area contributed by atoms with E-state index >= 15 is 0 Å². The summed E-state index contributed by atoms with van der Waals surface area (Å²) < 4.78 is 5.82. The number of fused-ring (bicyclic) bond motifs is 1. The van der Waals surface area contributed by atoms with Gasteiger partial charge in [-0.05, 0) is 47.3 Å². The molecule has 4 nitrogen and oxygen atoms in total. The third-order valence-corrected chi connectivity index (χ3v) is 4.69. The smallest absolute Gasteiger partial charge is 0.308 e. The molecule has 0 spiro atoms. The van der Waals surface area contributed by atoms with Crippen LogP contribution in [0.4, 0.5) is 5.69 Å². The van der Waals surface area contributed by atoms with E-state index in [1.54, 1.807) is 0 Å². The second-order valence-electron chi connectivity index (χ2n) is 5.37. The molecule has 5 heteroatoms. The lowest BCUT2D eigenvalue weighted by Crippen LogP contribution is -2.19. The number of ether oxygens (including phenoxy) is 1. The molecule has 21 heavy (non-hydrogen) atoms. The Bertz CT molecular complexity index is 674. The summed E-state index contributed by atoms with van der Waals surface area (Å²) in [5, 5.41) is 4.64. The summed E-state index contributed by atoms with van der Waals surface area (Å²) in [6, 6.07) is 8.34. The zero-order chi connectivity index (χ0) is 14.8. The molecule has 1 aliphatic rings. The van der Waals surface area contributed by atoms with E-state index in [0.29, 0.717) is 6.04 Å². The quantitative estimate of drug-likeness (QED) is 0.858. The van der Waals surface area contributed by atoms with Crippen molar-refractivity contribution < 1.29 is 9.53 Å². The molecule has 1 aromatic heterocycles. The van der Waals surface area contributed by atoms with Crippen molar-refractivity contribution in [1.29, 1.82) is 0 Å². The fourth-order valence-corrected chi connectivity index (χ4v) is 3.45. The molecule has 0 bridgehead atoms. The van der Waals surface area contributed by atoms with Gasteiger partial charge in [-0.15, -0.1) is 0 Å². The van der Waals surface area contributed by atoms with Gasteiger partial charge in [0.1, 0.15) is 0 Å². The van der Waals surface area contributed by atoms with Crippen LogP contribution in [0.2, 0.25) is 0 Å². The molecule has 0 saturated heterocycles. The van der Waals surface area contributed by atoms with Crippen LogP contribution >= 0.6 is 15.9 Å². The van der Waals surface area contributed by atoms with Crippen LogP contribution in [0.1, 0.15) is 19.3 Å². The van der Waals surface area contributed by atoms with E-state index < -0.39 is 0 Å². The van der Waals surface area contributed by atoms with E-state index in [1.165, 1.54) is 7.11 Å². The van der Waals surface area contributed by atoms with Crippen LogP contribution in [0.3, 0.4) is 0 Å². The molecule has 110 valence electrons. The third kappa shape index (κ3) is 2.88. The Hall–Kier alpha value is -1.62. The molecule has 2 aromatic rings. The second kappa shape index (κ2) is 6.02. The van der Waals surface area contributed by atoms with E-state index in [2.05, 4.69) is 32.3 Å². The number of rotatable bonds is 3. The summed E-state index contributed by atoms with van der Waals surface area (Å²) in [4.78, 5) is 16.0. The largest absolute Gasteiger partial charge is 0.469 e. The molecule has 0 radical (unpaired) electrons. The maximum absolute atomic E-state index is 11.6. The SMILES string of the molecule is COC(=O)[C@H]1CC[C@@H](Nc2ccnc3c(Br)cccc23)C1. The van der Waals surface area contributed by atoms with Crippen LogP contribution in [-0.4, -0.2) is 24.1 Å². The predicted octanol–water partition coefficient (Wildman–Crippen LogP) is 3.75. The molecular formula is C16H17BrN2O2. The summed E-state index contributed by atoms with van der Waals surface area (Å²) in [5.74, 6) is -0.0750. The van der Waals surface area contributed by atoms with Crippen LogP contribution in [0.25, 0.3) is 10.9 Å². The van der Waals surface area contributed by atoms with Gasteiger partial charge >= 0.3 is 5.97 Å². The summed E-state index contributed by atoms with van der Waals surface area (Å²) in [6.45, 7) is 0. The first kappa shape index (κ1) is 14.3. The maximum Gasteiger partial charge on any atom is 0.308 e. The number of methoxy groups -OCH3 is 1. The zero-order valence-electron chi connectivity index (χ0n) is 11.8. The van der Waals surface area contributed by atoms with Gasteiger partial charge in [0.15, 0.2) is 0 Å². The minimum atomic E-state index is -0.0957. The number of hydrogen-bond donors (Lipinski definition) is 1. The number of nitrogens with one attached hydrogen (secondary N) is 1. The van der Waals surface area contributed by atoms with Crippen LogP contribution < -0.4 is 5.32 Å². The lowest BCUT2D eigenvalue weighted by Gasteiger charge is -2.16. The Morgan fingerprint density at radius 2 is 2.24 bits per heavy atom. The van der Waals surface area contributed by atoms with Crippen LogP contribution in [0.5, 0.6) is 0 Å². The zero-order valence-corrected chi connectivity index (χ0v) is 13.4. The molecule has 0 aliphatic heterocycles. The molecule has 0 amide bonds. The van der Waals surface area contributed by atoms with Gasteiger partial charge in [-0.1, -0.05) is 12.1 Å². The van der Waals surface area contributed by atoms with Gasteiger partial charge < -0.3 is 10.1 Å². The first-order valence-electron chi connectivity index (χ1n) is 7.06. The Kier molecular flexibility index (Phi) is 4.10. The molecular weight excluding hydrogens is 332 g/mol. The maximum atomic E-state index is 11.6. The number of para-hydroxylation sites is 1. The first-order chi connectivity index (χ1) is 10.2. The number of carbonyl (C=O) groups excluding carboxylic acids is 1. The van der Waals surface area contributed by atoms with E-state index in [1.807, 2.05) is 24.4 Å². The summed E-state index contributed by atoms with van der Waals surface area (Å²) in [7, 11) is 1.46. The summed E-state index contributed by atoms with van der Waals surface area (Å²) in [6.07, 6.45) is 4.50. The highest BCUT2D eigenvalue weighted by Crippen LogP contribution is 2.32. The van der Waals surface area contributed by atoms with Gasteiger partial charge in [-0.3, -0.25) is 9.78 Å². The Labute approximate surface area is 132 Å². The number of hydrogen-bond acceptors (Lipinski definition) is 4. The average Bonchev–Trinajstić information content (AvgIpc) is 2.96. The molecule has 1 aliphatic carbocycles. The highest BCUT2D eigenvalue weighted by molar-refractivity contribution is 9.10. The van der Waals surface area contributed by atoms with Crippen molar-refractivity contribution in [2.75, 3.05) is 12.4 Å². The van der Waals surface area contributed by atoms with Gasteiger partial charge in [-0.25, -0.2) is 0 Å². The lowest BCUT2D eigenvalue weighted by atomic mass is 10.1. The monoisotopic (exact) mass is 348 g/mol. The molecule has 2 atom stereocenters. The second-order valence-corrected chi connectivity index (χ2v) is 6.22. The van der Waals surface area contributed by atoms with Crippen LogP contribution in [0.15, 0.2) is 34.9 Å². The molecule has 1 heterocycles. The number of nitrogens with zero attached hydrogens (tertiary/aromatic N) is 1. The molecule has 1 fully saturated rings. The Balaban J connectivity index is 1.80. The number of anilines is 1. The lowest BCUT2D eigenvalue weighted by molar-refractivity contribution is -0.145. The third-order valence-electron chi connectivity index (χ3n) is 4.05. The highest BCUT2D eigenvalue weighted by Gasteiger charge is 2.30. The van der Waals surface area contributed by atoms with Crippen molar-refractivity contribution in [3.63, 3.8) is 0 Å². The normalized spacial score (nSPS) is 21.4. The molecule has 1 aromatic carbocycles. The van der Waals surface area contributed by atoms with Gasteiger partial charge in [0, 0.05) is 27.8 Å². The van der Waals surface area contributed by atoms with Crippen molar-refractivity contribution in [1.82, 2.24) is 4.98 Å². The first-order valence-corrected chi connectivity index (χ1v) is 7.86. The van der Waals surface area contributed by atoms with Gasteiger partial charge in [0.2, 0.25) is 0 Å². The fraction of sp³-hybridized carbons (Fsp3) is 0.375. The van der Waals surface area contributed by atoms with Gasteiger partial charge in [-0.2, -0.15) is 0 Å². The summed E-state index contributed by atoms with van der Waals surface area (Å²) >= 11 is 3.53. The number of aromatic nitrogens is 1. The fourth-order valence-electron chi connectivity index (χ4n) is 2.98. The standard InChI is InChI=1S/C16H17BrN2O2/c1-21-16(20)10-5-6-11(9-10)19-14-7-8-18-15-12(14)3-2-4-13(15)17/h2-4,7-8,10-11H,5-6,9H2,1H3,(H,18,19)/t10-,11+/m0/s1. The van der Waals surface area contributed by atoms with Crippen molar-refractivity contribution in [2.24, 2.45) is 5.92 Å². The predicted molar refractivity (Wildman–Crippen MR) is 86.2 cm³/mol. The van der Waals surface area contributed by atoms with Crippen LogP contribution in [-0.2, 0) is 9.53 Å². The van der Waals surface area contributed by atoms with E-state index in [-0.39, 0.29) is 11.9 Å². The van der Waals surface area contributed by atoms with Crippen molar-refractivity contribution in [3.05, 3.63) is 34.9 Å². The van der Waals surface area contributed by atoms with Crippen molar-refractivity contribution in [2.45, 2.75) is 25.3 Å². The minimum Gasteiger partial charge on any atom is -0.469 e. The van der Waals surface area contributed by atoms with Crippen LogP contribution in [0, 0.1) is 5.92 Å². The number of pyridine rings is 1. The summed E-state index contributed by atoms with van der Waals surface area (Å²) in [5.41, 5.74) is 2.02. The average molecular weight is 349 g/mol. The molecule has 1 saturated carbocycles. The van der Waals surface area contributed by atoms with Gasteiger partial charge in [0.25, 0.3) is 0 Å². The van der Waals surface area contributed by atoms with Crippen molar-refractivity contribution >= 4 is 38.5 Å². The number of esters is 1. The van der Waals surface area contributed by atoms with Gasteiger partial charge in [0.05, 0.1) is 18.5 Å². The van der Waals surface area contributed by atoms with E-state index in [9.17, 15) is 4.79 Å². The van der Waals surface area contributed by atoms with E-state index in [0.717, 1.165) is 40.3 Å². The molecule has 1 N–H and O–H groups in total. The topological polar surface area (TPSA) is 51.2 Å². The number of carbonyl (C=O) groups is 1. The number of benzene rings is 1. The molecule has 3 rings (SSSR count). The Morgan fingerprint density at radius 1 is 1.38 bits per heavy atom. The molecule has 0 unspecified atom stereocenters. The Morgan fingerprint density at radius 3 is 3.05 bits per heavy atom. The number of halogens is 1. The highest BCUT2D eigenvalue weighted by atomic mass is 79.9. The van der Waals surface area contributed by atoms with Crippen molar-refractivity contribution in [3.8, 4) is 0 Å². The minimum absolute atomic E-state index is 0.0207.